The van der Waals surface area contributed by atoms with Crippen LogP contribution in [0.2, 0.25) is 0 Å². The summed E-state index contributed by atoms with van der Waals surface area (Å²) in [5, 5.41) is 13.5. The van der Waals surface area contributed by atoms with E-state index in [1.165, 1.54) is 7.11 Å². The zero-order chi connectivity index (χ0) is 21.1. The second-order valence-corrected chi connectivity index (χ2v) is 6.37. The number of methoxy groups -OCH3 is 1. The van der Waals surface area contributed by atoms with Crippen LogP contribution in [0.15, 0.2) is 11.0 Å². The minimum atomic E-state index is -5.04. The second-order valence-electron chi connectivity index (χ2n) is 5.32. The number of allylic oxidation sites excluding steroid dienone is 1. The summed E-state index contributed by atoms with van der Waals surface area (Å²) in [6.45, 7) is -0.704. The first kappa shape index (κ1) is 21.8. The summed E-state index contributed by atoms with van der Waals surface area (Å²) in [6, 6.07) is 0. The van der Waals surface area contributed by atoms with Crippen LogP contribution in [0.3, 0.4) is 0 Å². The van der Waals surface area contributed by atoms with Crippen LogP contribution in [0.5, 0.6) is 0 Å². The Bertz CT molecular complexity index is 947. The highest BCUT2D eigenvalue weighted by Gasteiger charge is 2.39. The van der Waals surface area contributed by atoms with E-state index in [9.17, 15) is 31.1 Å². The fraction of sp³-hybridized carbons (Fsp3) is 0.429. The highest BCUT2D eigenvalue weighted by molar-refractivity contribution is 7.16. The molecule has 0 amide bonds. The molecule has 0 aliphatic heterocycles. The SMILES string of the molecule is COCc1nn2c(=O)c(/C(C=N)=C/NCCC(F)(F)F)c(C(F)(F)F)nc2s1. The Kier molecular flexibility index (Phi) is 6.44. The van der Waals surface area contributed by atoms with Crippen molar-refractivity contribution in [2.75, 3.05) is 13.7 Å². The smallest absolute Gasteiger partial charge is 0.390 e. The van der Waals surface area contributed by atoms with Gasteiger partial charge in [0, 0.05) is 31.6 Å². The molecule has 2 N–H and O–H groups in total. The highest BCUT2D eigenvalue weighted by Crippen LogP contribution is 2.32. The molecule has 0 bridgehead atoms. The van der Waals surface area contributed by atoms with Crippen molar-refractivity contribution in [3.63, 3.8) is 0 Å². The molecule has 2 heterocycles. The van der Waals surface area contributed by atoms with Gasteiger partial charge in [-0.25, -0.2) is 4.98 Å². The summed E-state index contributed by atoms with van der Waals surface area (Å²) in [5.41, 5.74) is -4.34. The normalized spacial score (nSPS) is 13.2. The van der Waals surface area contributed by atoms with E-state index in [1.807, 2.05) is 0 Å². The van der Waals surface area contributed by atoms with Crippen molar-refractivity contribution in [3.05, 3.63) is 32.8 Å². The molecule has 0 atom stereocenters. The van der Waals surface area contributed by atoms with Gasteiger partial charge in [-0.15, -0.1) is 0 Å². The number of alkyl halides is 6. The van der Waals surface area contributed by atoms with E-state index < -0.39 is 47.7 Å². The standard InChI is InChI=1S/C14H13F6N5O2S/c1-27-6-8-24-25-11(26)9(10(14(18,19)20)23-12(25)28-8)7(4-21)5-22-3-2-13(15,16)17/h4-5,21-22H,2-3,6H2,1H3/b7-5+,21-4?. The van der Waals surface area contributed by atoms with Crippen LogP contribution in [0.1, 0.15) is 22.7 Å². The Morgan fingerprint density at radius 3 is 2.54 bits per heavy atom. The van der Waals surface area contributed by atoms with E-state index in [-0.39, 0.29) is 16.6 Å². The monoisotopic (exact) mass is 429 g/mol. The number of nitrogens with one attached hydrogen (secondary N) is 2. The van der Waals surface area contributed by atoms with E-state index in [0.29, 0.717) is 10.7 Å². The Labute approximate surface area is 157 Å². The molecule has 0 saturated carbocycles. The number of aromatic nitrogens is 3. The van der Waals surface area contributed by atoms with Crippen LogP contribution in [-0.2, 0) is 17.5 Å². The maximum absolute atomic E-state index is 13.4. The van der Waals surface area contributed by atoms with Crippen LogP contribution in [0, 0.1) is 5.41 Å². The van der Waals surface area contributed by atoms with E-state index in [2.05, 4.69) is 15.4 Å². The van der Waals surface area contributed by atoms with E-state index in [0.717, 1.165) is 17.5 Å². The van der Waals surface area contributed by atoms with Gasteiger partial charge >= 0.3 is 12.4 Å². The van der Waals surface area contributed by atoms with Crippen molar-refractivity contribution in [1.82, 2.24) is 19.9 Å². The molecule has 0 spiro atoms. The van der Waals surface area contributed by atoms with Gasteiger partial charge in [0.1, 0.15) is 5.01 Å². The van der Waals surface area contributed by atoms with Crippen molar-refractivity contribution in [3.8, 4) is 0 Å². The Morgan fingerprint density at radius 2 is 2.00 bits per heavy atom. The first-order valence-corrected chi connectivity index (χ1v) is 8.29. The lowest BCUT2D eigenvalue weighted by atomic mass is 10.1. The molecule has 154 valence electrons. The van der Waals surface area contributed by atoms with Gasteiger partial charge in [-0.2, -0.15) is 36.0 Å². The first-order chi connectivity index (χ1) is 13.0. The Balaban J connectivity index is 2.57. The number of halogens is 6. The number of ether oxygens (including phenoxy) is 1. The van der Waals surface area contributed by atoms with Gasteiger partial charge < -0.3 is 15.5 Å². The number of rotatable bonds is 7. The van der Waals surface area contributed by atoms with Crippen LogP contribution in [0.4, 0.5) is 26.3 Å². The molecule has 7 nitrogen and oxygen atoms in total. The lowest BCUT2D eigenvalue weighted by Crippen LogP contribution is -2.27. The molecular weight excluding hydrogens is 416 g/mol. The fourth-order valence-corrected chi connectivity index (χ4v) is 2.97. The molecule has 0 saturated heterocycles. The molecule has 2 aromatic rings. The molecule has 0 fully saturated rings. The number of fused-ring (bicyclic) bond motifs is 1. The fourth-order valence-electron chi connectivity index (χ4n) is 2.11. The predicted octanol–water partition coefficient (Wildman–Crippen LogP) is 2.85. The van der Waals surface area contributed by atoms with E-state index in [1.54, 1.807) is 0 Å². The summed E-state index contributed by atoms with van der Waals surface area (Å²) in [5.74, 6) is 0. The zero-order valence-corrected chi connectivity index (χ0v) is 14.9. The number of hydrogen-bond donors (Lipinski definition) is 2. The topological polar surface area (TPSA) is 92.4 Å². The first-order valence-electron chi connectivity index (χ1n) is 7.48. The quantitative estimate of drug-likeness (QED) is 0.401. The van der Waals surface area contributed by atoms with Gasteiger partial charge in [0.2, 0.25) is 4.96 Å². The maximum Gasteiger partial charge on any atom is 0.434 e. The van der Waals surface area contributed by atoms with Crippen LogP contribution in [0.25, 0.3) is 10.5 Å². The second kappa shape index (κ2) is 8.26. The van der Waals surface area contributed by atoms with Gasteiger partial charge in [0.05, 0.1) is 18.6 Å². The molecule has 0 aliphatic carbocycles. The summed E-state index contributed by atoms with van der Waals surface area (Å²) in [7, 11) is 1.33. The molecule has 0 unspecified atom stereocenters. The van der Waals surface area contributed by atoms with Crippen molar-refractivity contribution in [1.29, 1.82) is 5.41 Å². The minimum absolute atomic E-state index is 0.0591. The lowest BCUT2D eigenvalue weighted by molar-refractivity contribution is -0.141. The molecule has 0 aliphatic rings. The van der Waals surface area contributed by atoms with Gasteiger partial charge in [-0.3, -0.25) is 4.79 Å². The average molecular weight is 429 g/mol. The zero-order valence-electron chi connectivity index (χ0n) is 14.1. The summed E-state index contributed by atoms with van der Waals surface area (Å²) < 4.78 is 82.3. The van der Waals surface area contributed by atoms with Crippen LogP contribution >= 0.6 is 11.3 Å². The van der Waals surface area contributed by atoms with E-state index >= 15 is 0 Å². The van der Waals surface area contributed by atoms with Crippen LogP contribution < -0.4 is 10.9 Å². The third kappa shape index (κ3) is 5.07. The largest absolute Gasteiger partial charge is 0.434 e. The Hall–Kier alpha value is -2.48. The molecule has 2 aromatic heterocycles. The van der Waals surface area contributed by atoms with Gasteiger partial charge in [-0.1, -0.05) is 11.3 Å². The van der Waals surface area contributed by atoms with Gasteiger partial charge in [-0.05, 0) is 0 Å². The molecule has 0 aromatic carbocycles. The van der Waals surface area contributed by atoms with Crippen molar-refractivity contribution < 1.29 is 31.1 Å². The summed E-state index contributed by atoms with van der Waals surface area (Å²) in [4.78, 5) is 15.7. The summed E-state index contributed by atoms with van der Waals surface area (Å²) in [6.07, 6.45) is -9.60. The minimum Gasteiger partial charge on any atom is -0.390 e. The van der Waals surface area contributed by atoms with Crippen LogP contribution in [-0.4, -0.2) is 40.6 Å². The predicted molar refractivity (Wildman–Crippen MR) is 88.3 cm³/mol. The average Bonchev–Trinajstić information content (AvgIpc) is 2.97. The van der Waals surface area contributed by atoms with Gasteiger partial charge in [0.15, 0.2) is 5.69 Å². The maximum atomic E-state index is 13.4. The van der Waals surface area contributed by atoms with Crippen molar-refractivity contribution in [2.24, 2.45) is 0 Å². The third-order valence-corrected chi connectivity index (χ3v) is 4.13. The number of nitrogens with zero attached hydrogens (tertiary/aromatic N) is 3. The summed E-state index contributed by atoms with van der Waals surface area (Å²) >= 11 is 0.717. The third-order valence-electron chi connectivity index (χ3n) is 3.24. The molecule has 28 heavy (non-hydrogen) atoms. The van der Waals surface area contributed by atoms with Crippen molar-refractivity contribution in [2.45, 2.75) is 25.4 Å². The van der Waals surface area contributed by atoms with E-state index in [4.69, 9.17) is 10.1 Å². The highest BCUT2D eigenvalue weighted by atomic mass is 32.1. The molecule has 0 radical (unpaired) electrons. The Morgan fingerprint density at radius 1 is 1.32 bits per heavy atom. The van der Waals surface area contributed by atoms with Crippen molar-refractivity contribution >= 4 is 28.1 Å². The molecular formula is C14H13F6N5O2S. The molecule has 14 heteroatoms. The lowest BCUT2D eigenvalue weighted by Gasteiger charge is -2.12. The number of hydrogen-bond acceptors (Lipinski definition) is 7. The molecule has 2 rings (SSSR count). The van der Waals surface area contributed by atoms with Gasteiger partial charge in [0.25, 0.3) is 5.56 Å².